The highest BCUT2D eigenvalue weighted by Gasteiger charge is 2.59. The number of Topliss-reactive ketones (excluding diaryl/α,β-unsaturated/α-hetero) is 1. The van der Waals surface area contributed by atoms with Crippen molar-refractivity contribution < 1.29 is 15.0 Å². The number of carbonyl (C=O) groups is 1. The predicted octanol–water partition coefficient (Wildman–Crippen LogP) is 3.93. The van der Waals surface area contributed by atoms with Crippen LogP contribution >= 0.6 is 0 Å². The van der Waals surface area contributed by atoms with E-state index in [0.717, 1.165) is 51.2 Å². The van der Waals surface area contributed by atoms with E-state index in [0.29, 0.717) is 23.3 Å². The Morgan fingerprint density at radius 1 is 1.13 bits per heavy atom. The number of allylic oxidation sites excluding steroid dienone is 2. The summed E-state index contributed by atoms with van der Waals surface area (Å²) in [7, 11) is 0. The normalized spacial score (nSPS) is 51.0. The van der Waals surface area contributed by atoms with Gasteiger partial charge >= 0.3 is 0 Å². The molecule has 6 atom stereocenters. The Morgan fingerprint density at radius 2 is 1.87 bits per heavy atom. The minimum atomic E-state index is -0.272. The molecule has 0 bridgehead atoms. The Kier molecular flexibility index (Phi) is 3.32. The summed E-state index contributed by atoms with van der Waals surface area (Å²) in [6.45, 7) is 4.52. The third-order valence-electron chi connectivity index (χ3n) is 7.87. The summed E-state index contributed by atoms with van der Waals surface area (Å²) in [6.07, 6.45) is 9.90. The molecule has 3 fully saturated rings. The summed E-state index contributed by atoms with van der Waals surface area (Å²) < 4.78 is 0. The van der Waals surface area contributed by atoms with Crippen molar-refractivity contribution >= 4 is 5.78 Å². The minimum absolute atomic E-state index is 0.170. The molecule has 23 heavy (non-hydrogen) atoms. The molecular weight excluding hydrogens is 288 g/mol. The van der Waals surface area contributed by atoms with Crippen LogP contribution in [0.25, 0.3) is 0 Å². The van der Waals surface area contributed by atoms with E-state index in [-0.39, 0.29) is 22.7 Å². The monoisotopic (exact) mass is 316 g/mol. The maximum Gasteiger partial charge on any atom is 0.168 e. The number of fused-ring (bicyclic) bond motifs is 5. The van der Waals surface area contributed by atoms with Crippen LogP contribution in [-0.2, 0) is 4.79 Å². The fraction of sp³-hybridized carbons (Fsp3) is 0.750. The van der Waals surface area contributed by atoms with Crippen LogP contribution in [-0.4, -0.2) is 22.1 Å². The van der Waals surface area contributed by atoms with E-state index in [1.54, 1.807) is 0 Å². The summed E-state index contributed by atoms with van der Waals surface area (Å²) in [4.78, 5) is 12.7. The van der Waals surface area contributed by atoms with Gasteiger partial charge in [0.15, 0.2) is 5.78 Å². The van der Waals surface area contributed by atoms with Gasteiger partial charge in [-0.15, -0.1) is 0 Å². The highest BCUT2D eigenvalue weighted by Crippen LogP contribution is 2.64. The zero-order valence-electron chi connectivity index (χ0n) is 14.2. The second-order valence-corrected chi connectivity index (χ2v) is 8.80. The van der Waals surface area contributed by atoms with Crippen LogP contribution in [0.15, 0.2) is 23.5 Å². The molecule has 3 nitrogen and oxygen atoms in total. The molecule has 0 radical (unpaired) electrons. The number of ketones is 1. The van der Waals surface area contributed by atoms with Crippen LogP contribution in [0.3, 0.4) is 0 Å². The molecule has 4 aliphatic carbocycles. The topological polar surface area (TPSA) is 57.5 Å². The molecule has 0 aromatic heterocycles. The zero-order chi connectivity index (χ0) is 16.4. The molecule has 0 heterocycles. The summed E-state index contributed by atoms with van der Waals surface area (Å²) in [5.74, 6) is 1.72. The van der Waals surface area contributed by atoms with Gasteiger partial charge in [-0.1, -0.05) is 25.5 Å². The van der Waals surface area contributed by atoms with E-state index in [4.69, 9.17) is 0 Å². The SMILES string of the molecule is CC12CCC3C(CC=C4CC(O)CCC43C)C1CC(=CO)C2=O. The molecule has 2 N–H and O–H groups in total. The van der Waals surface area contributed by atoms with Gasteiger partial charge in [-0.25, -0.2) is 0 Å². The lowest BCUT2D eigenvalue weighted by molar-refractivity contribution is -0.130. The molecule has 0 spiro atoms. The van der Waals surface area contributed by atoms with Gasteiger partial charge in [0, 0.05) is 11.0 Å². The average Bonchev–Trinajstić information content (AvgIpc) is 2.79. The van der Waals surface area contributed by atoms with E-state index >= 15 is 0 Å². The lowest BCUT2D eigenvalue weighted by atomic mass is 9.48. The Labute approximate surface area is 138 Å². The van der Waals surface area contributed by atoms with Crippen molar-refractivity contribution in [2.75, 3.05) is 0 Å². The summed E-state index contributed by atoms with van der Waals surface area (Å²) >= 11 is 0. The lowest BCUT2D eigenvalue weighted by Crippen LogP contribution is -2.50. The molecular formula is C20H28O3. The number of aliphatic hydroxyl groups is 2. The van der Waals surface area contributed by atoms with Gasteiger partial charge < -0.3 is 10.2 Å². The van der Waals surface area contributed by atoms with Crippen LogP contribution in [0.4, 0.5) is 0 Å². The third-order valence-corrected chi connectivity index (χ3v) is 7.87. The standard InChI is InChI=1S/C20H28O3/c1-19-7-5-14(22)10-13(19)3-4-15-16(19)6-8-20(2)17(15)9-12(11-21)18(20)23/h3,11,14-17,21-22H,4-10H2,1-2H3. The van der Waals surface area contributed by atoms with Gasteiger partial charge in [0.05, 0.1) is 12.4 Å². The highest BCUT2D eigenvalue weighted by molar-refractivity contribution is 6.02. The minimum Gasteiger partial charge on any atom is -0.515 e. The lowest BCUT2D eigenvalue weighted by Gasteiger charge is -2.56. The van der Waals surface area contributed by atoms with Crippen molar-refractivity contribution in [3.63, 3.8) is 0 Å². The van der Waals surface area contributed by atoms with E-state index in [1.165, 1.54) is 5.57 Å². The van der Waals surface area contributed by atoms with Crippen molar-refractivity contribution in [1.29, 1.82) is 0 Å². The van der Waals surface area contributed by atoms with Crippen LogP contribution in [0.2, 0.25) is 0 Å². The Balaban J connectivity index is 1.71. The van der Waals surface area contributed by atoms with Crippen molar-refractivity contribution in [3.05, 3.63) is 23.5 Å². The van der Waals surface area contributed by atoms with Gasteiger partial charge in [0.1, 0.15) is 0 Å². The first-order chi connectivity index (χ1) is 10.9. The molecule has 0 aromatic carbocycles. The molecule has 0 saturated heterocycles. The van der Waals surface area contributed by atoms with Crippen LogP contribution in [0.5, 0.6) is 0 Å². The van der Waals surface area contributed by atoms with Crippen molar-refractivity contribution in [3.8, 4) is 0 Å². The smallest absolute Gasteiger partial charge is 0.168 e. The number of aliphatic hydroxyl groups excluding tert-OH is 2. The first-order valence-corrected chi connectivity index (χ1v) is 9.16. The van der Waals surface area contributed by atoms with Crippen LogP contribution < -0.4 is 0 Å². The second kappa shape index (κ2) is 4.95. The van der Waals surface area contributed by atoms with Gasteiger partial charge in [0.25, 0.3) is 0 Å². The number of carbonyl (C=O) groups excluding carboxylic acids is 1. The summed E-state index contributed by atoms with van der Waals surface area (Å²) in [5.41, 5.74) is 2.03. The van der Waals surface area contributed by atoms with Crippen molar-refractivity contribution in [2.45, 2.75) is 64.9 Å². The quantitative estimate of drug-likeness (QED) is 0.404. The zero-order valence-corrected chi connectivity index (χ0v) is 14.2. The number of hydrogen-bond donors (Lipinski definition) is 2. The van der Waals surface area contributed by atoms with Gasteiger partial charge in [-0.3, -0.25) is 4.79 Å². The molecule has 4 rings (SSSR count). The Hall–Kier alpha value is -1.09. The third kappa shape index (κ3) is 1.95. The highest BCUT2D eigenvalue weighted by atomic mass is 16.3. The first-order valence-electron chi connectivity index (χ1n) is 9.16. The van der Waals surface area contributed by atoms with E-state index < -0.39 is 0 Å². The van der Waals surface area contributed by atoms with Gasteiger partial charge in [0.2, 0.25) is 0 Å². The molecule has 3 saturated carbocycles. The Morgan fingerprint density at radius 3 is 2.61 bits per heavy atom. The number of rotatable bonds is 0. The molecule has 0 aliphatic heterocycles. The van der Waals surface area contributed by atoms with E-state index in [1.807, 2.05) is 0 Å². The van der Waals surface area contributed by atoms with Crippen LogP contribution in [0.1, 0.15) is 58.8 Å². The molecule has 4 aliphatic rings. The molecule has 0 amide bonds. The van der Waals surface area contributed by atoms with E-state index in [9.17, 15) is 15.0 Å². The maximum atomic E-state index is 12.7. The Bertz CT molecular complexity index is 604. The van der Waals surface area contributed by atoms with Gasteiger partial charge in [-0.05, 0) is 68.1 Å². The van der Waals surface area contributed by atoms with Crippen molar-refractivity contribution in [1.82, 2.24) is 0 Å². The molecule has 6 unspecified atom stereocenters. The molecule has 3 heteroatoms. The van der Waals surface area contributed by atoms with Crippen molar-refractivity contribution in [2.24, 2.45) is 28.6 Å². The van der Waals surface area contributed by atoms with E-state index in [2.05, 4.69) is 19.9 Å². The largest absolute Gasteiger partial charge is 0.515 e. The summed E-state index contributed by atoms with van der Waals surface area (Å²) in [5, 5.41) is 19.5. The number of hydrogen-bond acceptors (Lipinski definition) is 3. The van der Waals surface area contributed by atoms with Crippen LogP contribution in [0, 0.1) is 28.6 Å². The summed E-state index contributed by atoms with van der Waals surface area (Å²) in [6, 6.07) is 0. The fourth-order valence-electron chi connectivity index (χ4n) is 6.43. The fourth-order valence-corrected chi connectivity index (χ4v) is 6.43. The maximum absolute atomic E-state index is 12.7. The first kappa shape index (κ1) is 15.4. The molecule has 126 valence electrons. The second-order valence-electron chi connectivity index (χ2n) is 8.80. The predicted molar refractivity (Wildman–Crippen MR) is 88.8 cm³/mol. The molecule has 0 aromatic rings. The average molecular weight is 316 g/mol. The van der Waals surface area contributed by atoms with Gasteiger partial charge in [-0.2, -0.15) is 0 Å².